The van der Waals surface area contributed by atoms with Crippen molar-refractivity contribution < 1.29 is 9.53 Å². The molecule has 0 amide bonds. The highest BCUT2D eigenvalue weighted by Crippen LogP contribution is 2.44. The molecule has 0 radical (unpaired) electrons. The van der Waals surface area contributed by atoms with Gasteiger partial charge in [-0.2, -0.15) is 0 Å². The number of carbonyl (C=O) groups excluding carboxylic acids is 1. The summed E-state index contributed by atoms with van der Waals surface area (Å²) in [5.74, 6) is -0.787. The third-order valence-corrected chi connectivity index (χ3v) is 12.6. The van der Waals surface area contributed by atoms with E-state index in [0.29, 0.717) is 16.6 Å². The number of carbonyl (C=O) groups is 1. The smallest absolute Gasteiger partial charge is 0.357 e. The van der Waals surface area contributed by atoms with Gasteiger partial charge in [0.1, 0.15) is 30.1 Å². The maximum absolute atomic E-state index is 12.2. The number of ether oxygens (including phenoxy) is 1. The summed E-state index contributed by atoms with van der Waals surface area (Å²) in [6.45, 7) is 13.0. The quantitative estimate of drug-likeness (QED) is 0.347. The van der Waals surface area contributed by atoms with Gasteiger partial charge in [-0.15, -0.1) is 0 Å². The van der Waals surface area contributed by atoms with Gasteiger partial charge in [-0.3, -0.25) is 0 Å². The number of nitrogens with two attached hydrogens (primary N) is 1. The number of aromatic nitrogens is 1. The van der Waals surface area contributed by atoms with Gasteiger partial charge in [0.25, 0.3) is 0 Å². The number of hydrogen-bond acceptors (Lipinski definition) is 4. The average molecular weight is 387 g/mol. The fourth-order valence-corrected chi connectivity index (χ4v) is 11.8. The first-order chi connectivity index (χ1) is 11.0. The van der Waals surface area contributed by atoms with Crippen molar-refractivity contribution in [2.24, 2.45) is 0 Å². The summed E-state index contributed by atoms with van der Waals surface area (Å²) in [5, 5.41) is 0.927. The van der Waals surface area contributed by atoms with E-state index >= 15 is 0 Å². The molecular formula is C17H24Cl2N2O2Si. The molecule has 0 bridgehead atoms. The molecule has 4 nitrogen and oxygen atoms in total. The van der Waals surface area contributed by atoms with E-state index in [0.717, 1.165) is 5.19 Å². The van der Waals surface area contributed by atoms with Crippen LogP contribution in [0.25, 0.3) is 0 Å². The highest BCUT2D eigenvalue weighted by Gasteiger charge is 2.48. The van der Waals surface area contributed by atoms with Gasteiger partial charge < -0.3 is 10.5 Å². The number of hydrogen-bond donors (Lipinski definition) is 1. The fourth-order valence-electron chi connectivity index (χ4n) is 4.12. The zero-order chi connectivity index (χ0) is 18.8. The Morgan fingerprint density at radius 1 is 1.12 bits per heavy atom. The van der Waals surface area contributed by atoms with Crippen molar-refractivity contribution in [2.75, 3.05) is 5.73 Å². The fraction of sp³-hybridized carbons (Fsp3) is 0.529. The Morgan fingerprint density at radius 2 is 1.58 bits per heavy atom. The largest absolute Gasteiger partial charge is 0.398 e. The summed E-state index contributed by atoms with van der Waals surface area (Å²) < 4.78 is 4.64. The first-order valence-corrected chi connectivity index (χ1v) is 10.8. The van der Waals surface area contributed by atoms with Crippen molar-refractivity contribution in [2.45, 2.75) is 58.2 Å². The summed E-state index contributed by atoms with van der Waals surface area (Å²) in [5.41, 5.74) is 7.60. The van der Waals surface area contributed by atoms with Crippen molar-refractivity contribution >= 4 is 48.1 Å². The number of pyridine rings is 1. The molecule has 1 rings (SSSR count). The van der Waals surface area contributed by atoms with Crippen LogP contribution in [0.1, 0.15) is 51.9 Å². The van der Waals surface area contributed by atoms with E-state index in [2.05, 4.69) is 51.3 Å². The predicted octanol–water partition coefficient (Wildman–Crippen LogP) is 4.60. The number of halogens is 2. The molecule has 1 heterocycles. The molecule has 0 aliphatic heterocycles. The second-order valence-electron chi connectivity index (χ2n) is 6.76. The molecule has 0 fully saturated rings. The normalized spacial score (nSPS) is 11.9. The lowest BCUT2D eigenvalue weighted by atomic mass is 10.2. The Balaban J connectivity index is 3.90. The summed E-state index contributed by atoms with van der Waals surface area (Å²) >= 11 is 12.6. The first-order valence-electron chi connectivity index (χ1n) is 7.85. The molecule has 2 N–H and O–H groups in total. The minimum atomic E-state index is -2.25. The van der Waals surface area contributed by atoms with Crippen LogP contribution in [0.2, 0.25) is 26.9 Å². The van der Waals surface area contributed by atoms with E-state index in [1.54, 1.807) is 0 Å². The third kappa shape index (κ3) is 3.28. The third-order valence-electron chi connectivity index (χ3n) is 4.80. The molecule has 1 aromatic heterocycles. The number of anilines is 1. The summed E-state index contributed by atoms with van der Waals surface area (Å²) in [6, 6.07) is 0. The summed E-state index contributed by atoms with van der Waals surface area (Å²) in [7, 11) is -2.25. The minimum absolute atomic E-state index is 0.00663. The van der Waals surface area contributed by atoms with Gasteiger partial charge in [-0.1, -0.05) is 71.2 Å². The van der Waals surface area contributed by atoms with Crippen LogP contribution < -0.4 is 10.9 Å². The lowest BCUT2D eigenvalue weighted by Crippen LogP contribution is -2.57. The van der Waals surface area contributed by atoms with Crippen LogP contribution in [0.15, 0.2) is 0 Å². The Hall–Kier alpha value is -1.22. The van der Waals surface area contributed by atoms with E-state index in [9.17, 15) is 4.79 Å². The highest BCUT2D eigenvalue weighted by molar-refractivity contribution is 6.97. The van der Waals surface area contributed by atoms with Gasteiger partial charge in [0.2, 0.25) is 0 Å². The maximum atomic E-state index is 12.2. The second kappa shape index (κ2) is 7.77. The van der Waals surface area contributed by atoms with Crippen molar-refractivity contribution in [3.63, 3.8) is 0 Å². The lowest BCUT2D eigenvalue weighted by molar-refractivity contribution is 0.0692. The first kappa shape index (κ1) is 20.8. The minimum Gasteiger partial charge on any atom is -0.398 e. The zero-order valence-corrected chi connectivity index (χ0v) is 17.4. The van der Waals surface area contributed by atoms with E-state index in [1.807, 2.05) is 6.11 Å². The Labute approximate surface area is 155 Å². The molecule has 1 aromatic rings. The van der Waals surface area contributed by atoms with Crippen LogP contribution >= 0.6 is 23.2 Å². The van der Waals surface area contributed by atoms with Crippen LogP contribution in [-0.4, -0.2) is 19.0 Å². The Morgan fingerprint density at radius 3 is 1.96 bits per heavy atom. The number of nitrogen functional groups attached to an aromatic ring is 1. The van der Waals surface area contributed by atoms with Gasteiger partial charge in [-0.05, 0) is 16.6 Å². The lowest BCUT2D eigenvalue weighted by Gasteiger charge is -2.44. The molecule has 0 spiro atoms. The van der Waals surface area contributed by atoms with E-state index in [-0.39, 0.29) is 21.6 Å². The van der Waals surface area contributed by atoms with Crippen LogP contribution in [-0.2, 0) is 4.74 Å². The van der Waals surface area contributed by atoms with Crippen molar-refractivity contribution in [1.82, 2.24) is 4.98 Å². The predicted molar refractivity (Wildman–Crippen MR) is 104 cm³/mol. The molecule has 0 aliphatic rings. The molecule has 0 atom stereocenters. The highest BCUT2D eigenvalue weighted by atomic mass is 35.5. The van der Waals surface area contributed by atoms with Crippen LogP contribution in [0, 0.1) is 12.5 Å². The van der Waals surface area contributed by atoms with Gasteiger partial charge in [0.15, 0.2) is 0 Å². The average Bonchev–Trinajstić information content (AvgIpc) is 2.41. The second-order valence-corrected chi connectivity index (χ2v) is 13.3. The van der Waals surface area contributed by atoms with E-state index in [4.69, 9.17) is 35.4 Å². The van der Waals surface area contributed by atoms with Crippen molar-refractivity contribution in [3.8, 4) is 12.5 Å². The summed E-state index contributed by atoms with van der Waals surface area (Å²) in [6.07, 6.45) is 6.90. The van der Waals surface area contributed by atoms with Crippen LogP contribution in [0.5, 0.6) is 0 Å². The van der Waals surface area contributed by atoms with Crippen molar-refractivity contribution in [1.29, 1.82) is 0 Å². The molecule has 24 heavy (non-hydrogen) atoms. The molecule has 7 heteroatoms. The van der Waals surface area contributed by atoms with E-state index < -0.39 is 14.0 Å². The summed E-state index contributed by atoms with van der Waals surface area (Å²) in [4.78, 5) is 16.4. The monoisotopic (exact) mass is 386 g/mol. The molecule has 0 aliphatic carbocycles. The maximum Gasteiger partial charge on any atom is 0.357 e. The van der Waals surface area contributed by atoms with Gasteiger partial charge in [0, 0.05) is 5.19 Å². The topological polar surface area (TPSA) is 65.2 Å². The molecule has 0 saturated carbocycles. The van der Waals surface area contributed by atoms with Gasteiger partial charge >= 0.3 is 5.97 Å². The molecule has 132 valence electrons. The number of esters is 1. The standard InChI is InChI=1S/C17H24Cl2N2O2Si/c1-8-23-17(22)12-13(20)14(16(19)21-15(12)18)24(9(2)3,10(4)5)11(6)7/h1,9-11H,2-7H3,(H2,20,21). The Kier molecular flexibility index (Phi) is 6.74. The van der Waals surface area contributed by atoms with Crippen LogP contribution in [0.4, 0.5) is 5.69 Å². The Bertz CT molecular complexity index is 660. The SMILES string of the molecule is C#COC(=O)c1c(Cl)nc(Cl)c([Si](C(C)C)(C(C)C)C(C)C)c1N. The molecule has 0 saturated heterocycles. The molecule has 0 aromatic carbocycles. The number of rotatable bonds is 5. The van der Waals surface area contributed by atoms with Gasteiger partial charge in [-0.25, -0.2) is 9.78 Å². The van der Waals surface area contributed by atoms with Crippen LogP contribution in [0.3, 0.4) is 0 Å². The van der Waals surface area contributed by atoms with Crippen molar-refractivity contribution in [3.05, 3.63) is 15.9 Å². The zero-order valence-electron chi connectivity index (χ0n) is 14.9. The molecular weight excluding hydrogens is 363 g/mol. The molecule has 0 unspecified atom stereocenters. The number of terminal acetylenes is 1. The number of nitrogens with zero attached hydrogens (tertiary/aromatic N) is 1. The van der Waals surface area contributed by atoms with E-state index in [1.165, 1.54) is 0 Å². The van der Waals surface area contributed by atoms with Gasteiger partial charge in [0.05, 0.1) is 5.69 Å².